The fourth-order valence-corrected chi connectivity index (χ4v) is 2.11. The Bertz CT molecular complexity index is 172. The maximum absolute atomic E-state index is 12.5. The Hall–Kier alpha value is 0.140. The van der Waals surface area contributed by atoms with Gasteiger partial charge in [0, 0.05) is 4.43 Å². The zero-order chi connectivity index (χ0) is 7.56. The van der Waals surface area contributed by atoms with Crippen LogP contribution in [0.25, 0.3) is 0 Å². The molecule has 0 N–H and O–H groups in total. The average molecular weight is 252 g/mol. The van der Waals surface area contributed by atoms with Crippen LogP contribution in [0.15, 0.2) is 24.1 Å². The quantitative estimate of drug-likeness (QED) is 0.497. The number of hydrogen-bond acceptors (Lipinski definition) is 0. The third kappa shape index (κ3) is 1.81. The van der Waals surface area contributed by atoms with Gasteiger partial charge < -0.3 is 0 Å². The summed E-state index contributed by atoms with van der Waals surface area (Å²) in [7, 11) is 0. The van der Waals surface area contributed by atoms with Crippen molar-refractivity contribution in [3.05, 3.63) is 24.1 Å². The molecule has 0 aromatic rings. The molecular weight excluding hydrogens is 242 g/mol. The minimum atomic E-state index is -0.0893. The van der Waals surface area contributed by atoms with Gasteiger partial charge in [0.15, 0.2) is 0 Å². The molecule has 0 saturated carbocycles. The molecule has 0 radical (unpaired) electrons. The van der Waals surface area contributed by atoms with Gasteiger partial charge in [-0.15, -0.1) is 0 Å². The van der Waals surface area contributed by atoms with Crippen LogP contribution in [-0.4, -0.2) is 4.43 Å². The summed E-state index contributed by atoms with van der Waals surface area (Å²) in [6.07, 6.45) is 5.19. The molecule has 0 saturated heterocycles. The molecule has 0 heterocycles. The summed E-state index contributed by atoms with van der Waals surface area (Å²) in [5, 5.41) is 0. The molecule has 0 aliphatic heterocycles. The van der Waals surface area contributed by atoms with E-state index >= 15 is 0 Å². The average Bonchev–Trinajstić information content (AvgIpc) is 1.88. The normalized spacial score (nSPS) is 32.1. The highest BCUT2D eigenvalue weighted by Gasteiger charge is 2.14. The van der Waals surface area contributed by atoms with Crippen LogP contribution >= 0.6 is 22.6 Å². The van der Waals surface area contributed by atoms with E-state index in [4.69, 9.17) is 0 Å². The summed E-state index contributed by atoms with van der Waals surface area (Å²) < 4.78 is 13.6. The molecule has 2 atom stereocenters. The molecule has 56 valence electrons. The van der Waals surface area contributed by atoms with E-state index in [0.717, 1.165) is 4.43 Å². The number of alkyl halides is 1. The van der Waals surface area contributed by atoms with E-state index in [-0.39, 0.29) is 5.83 Å². The van der Waals surface area contributed by atoms with Crippen LogP contribution in [0, 0.1) is 11.8 Å². The predicted octanol–water partition coefficient (Wildman–Crippen LogP) is 3.10. The Kier molecular flexibility index (Phi) is 2.89. The second-order valence-electron chi connectivity index (χ2n) is 2.59. The van der Waals surface area contributed by atoms with Gasteiger partial charge in [-0.1, -0.05) is 35.6 Å². The molecule has 0 aromatic carbocycles. The van der Waals surface area contributed by atoms with Crippen molar-refractivity contribution in [1.82, 2.24) is 0 Å². The molecule has 1 aliphatic rings. The van der Waals surface area contributed by atoms with Crippen LogP contribution in [-0.2, 0) is 0 Å². The van der Waals surface area contributed by atoms with Crippen molar-refractivity contribution in [3.8, 4) is 0 Å². The SMILES string of the molecule is C[C@@H]1C=C(F)C=CC1CI. The standard InChI is InChI=1S/C8H10FI/c1-6-4-8(9)3-2-7(6)5-10/h2-4,6-7H,5H2,1H3/t6-,7?/m1/s1. The lowest BCUT2D eigenvalue weighted by Crippen LogP contribution is -2.10. The molecule has 1 unspecified atom stereocenters. The maximum atomic E-state index is 12.5. The van der Waals surface area contributed by atoms with Crippen molar-refractivity contribution in [2.24, 2.45) is 11.8 Å². The number of allylic oxidation sites excluding steroid dienone is 4. The molecule has 2 heteroatoms. The first-order valence-corrected chi connectivity index (χ1v) is 4.88. The minimum Gasteiger partial charge on any atom is -0.207 e. The van der Waals surface area contributed by atoms with E-state index in [1.165, 1.54) is 0 Å². The van der Waals surface area contributed by atoms with Gasteiger partial charge in [-0.2, -0.15) is 0 Å². The molecule has 0 amide bonds. The van der Waals surface area contributed by atoms with Gasteiger partial charge in [0.25, 0.3) is 0 Å². The van der Waals surface area contributed by atoms with Crippen molar-refractivity contribution in [1.29, 1.82) is 0 Å². The van der Waals surface area contributed by atoms with Crippen LogP contribution < -0.4 is 0 Å². The van der Waals surface area contributed by atoms with E-state index in [9.17, 15) is 4.39 Å². The summed E-state index contributed by atoms with van der Waals surface area (Å²) in [5.74, 6) is 0.801. The van der Waals surface area contributed by atoms with Crippen LogP contribution in [0.2, 0.25) is 0 Å². The first kappa shape index (κ1) is 8.24. The molecule has 0 nitrogen and oxygen atoms in total. The summed E-state index contributed by atoms with van der Waals surface area (Å²) in [6, 6.07) is 0. The monoisotopic (exact) mass is 252 g/mol. The molecule has 0 fully saturated rings. The van der Waals surface area contributed by atoms with E-state index in [2.05, 4.69) is 22.6 Å². The number of rotatable bonds is 1. The summed E-state index contributed by atoms with van der Waals surface area (Å²) in [4.78, 5) is 0. The zero-order valence-corrected chi connectivity index (χ0v) is 8.01. The Morgan fingerprint density at radius 2 is 2.40 bits per heavy atom. The molecule has 0 spiro atoms. The summed E-state index contributed by atoms with van der Waals surface area (Å²) >= 11 is 2.33. The van der Waals surface area contributed by atoms with E-state index in [1.807, 2.05) is 13.0 Å². The molecule has 1 aliphatic carbocycles. The first-order valence-electron chi connectivity index (χ1n) is 3.35. The molecule has 0 bridgehead atoms. The summed E-state index contributed by atoms with van der Waals surface area (Å²) in [5.41, 5.74) is 0. The lowest BCUT2D eigenvalue weighted by Gasteiger charge is -2.17. The lowest BCUT2D eigenvalue weighted by atomic mass is 9.92. The van der Waals surface area contributed by atoms with Crippen LogP contribution in [0.4, 0.5) is 4.39 Å². The Labute approximate surface area is 74.3 Å². The second-order valence-corrected chi connectivity index (χ2v) is 3.47. The minimum absolute atomic E-state index is 0.0893. The van der Waals surface area contributed by atoms with Crippen molar-refractivity contribution in [2.75, 3.05) is 4.43 Å². The van der Waals surface area contributed by atoms with E-state index in [1.54, 1.807) is 12.2 Å². The topological polar surface area (TPSA) is 0 Å². The van der Waals surface area contributed by atoms with Crippen molar-refractivity contribution in [3.63, 3.8) is 0 Å². The van der Waals surface area contributed by atoms with Crippen LogP contribution in [0.1, 0.15) is 6.92 Å². The summed E-state index contributed by atoms with van der Waals surface area (Å²) in [6.45, 7) is 2.05. The maximum Gasteiger partial charge on any atom is 0.119 e. The van der Waals surface area contributed by atoms with Gasteiger partial charge in [-0.3, -0.25) is 0 Å². The second kappa shape index (κ2) is 3.51. The Balaban J connectivity index is 2.64. The predicted molar refractivity (Wildman–Crippen MR) is 49.9 cm³/mol. The smallest absolute Gasteiger partial charge is 0.119 e. The largest absolute Gasteiger partial charge is 0.207 e. The third-order valence-corrected chi connectivity index (χ3v) is 2.80. The highest BCUT2D eigenvalue weighted by molar-refractivity contribution is 14.1. The van der Waals surface area contributed by atoms with Gasteiger partial charge >= 0.3 is 0 Å². The van der Waals surface area contributed by atoms with Crippen LogP contribution in [0.3, 0.4) is 0 Å². The first-order chi connectivity index (χ1) is 4.74. The molecule has 10 heavy (non-hydrogen) atoms. The highest BCUT2D eigenvalue weighted by atomic mass is 127. The van der Waals surface area contributed by atoms with Gasteiger partial charge in [0.2, 0.25) is 0 Å². The van der Waals surface area contributed by atoms with Gasteiger partial charge in [-0.25, -0.2) is 4.39 Å². The van der Waals surface area contributed by atoms with Crippen LogP contribution in [0.5, 0.6) is 0 Å². The fraction of sp³-hybridized carbons (Fsp3) is 0.500. The number of halogens is 2. The molecule has 0 aromatic heterocycles. The van der Waals surface area contributed by atoms with E-state index < -0.39 is 0 Å². The fourth-order valence-electron chi connectivity index (χ4n) is 1.01. The van der Waals surface area contributed by atoms with Crippen molar-refractivity contribution >= 4 is 22.6 Å². The zero-order valence-electron chi connectivity index (χ0n) is 5.85. The third-order valence-electron chi connectivity index (χ3n) is 1.78. The van der Waals surface area contributed by atoms with Crippen molar-refractivity contribution in [2.45, 2.75) is 6.92 Å². The van der Waals surface area contributed by atoms with Gasteiger partial charge in [-0.05, 0) is 24.0 Å². The van der Waals surface area contributed by atoms with Crippen molar-refractivity contribution < 1.29 is 4.39 Å². The molecular formula is C8H10FI. The van der Waals surface area contributed by atoms with E-state index in [0.29, 0.717) is 11.8 Å². The Morgan fingerprint density at radius 3 is 2.90 bits per heavy atom. The lowest BCUT2D eigenvalue weighted by molar-refractivity contribution is 0.531. The number of hydrogen-bond donors (Lipinski definition) is 0. The van der Waals surface area contributed by atoms with Gasteiger partial charge in [0.1, 0.15) is 5.83 Å². The van der Waals surface area contributed by atoms with Gasteiger partial charge in [0.05, 0.1) is 0 Å². The Morgan fingerprint density at radius 1 is 1.70 bits per heavy atom. The highest BCUT2D eigenvalue weighted by Crippen LogP contribution is 2.24. The molecule has 1 rings (SSSR count).